The third-order valence-electron chi connectivity index (χ3n) is 3.08. The molecule has 1 aliphatic rings. The monoisotopic (exact) mass is 328 g/mol. The number of amides is 1. The van der Waals surface area contributed by atoms with Gasteiger partial charge in [-0.05, 0) is 18.6 Å². The number of nitrogens with one attached hydrogen (secondary N) is 1. The van der Waals surface area contributed by atoms with Crippen LogP contribution in [0.1, 0.15) is 17.5 Å². The van der Waals surface area contributed by atoms with Gasteiger partial charge in [0, 0.05) is 5.56 Å². The maximum absolute atomic E-state index is 12.2. The van der Waals surface area contributed by atoms with E-state index in [2.05, 4.69) is 15.5 Å². The summed E-state index contributed by atoms with van der Waals surface area (Å²) in [7, 11) is 0. The topological polar surface area (TPSA) is 97.1 Å². The molecule has 23 heavy (non-hydrogen) atoms. The van der Waals surface area contributed by atoms with Gasteiger partial charge < -0.3 is 9.47 Å². The second-order valence-corrected chi connectivity index (χ2v) is 5.62. The van der Waals surface area contributed by atoms with Gasteiger partial charge >= 0.3 is 0 Å². The van der Waals surface area contributed by atoms with Crippen molar-refractivity contribution in [3.63, 3.8) is 0 Å². The molecule has 0 radical (unpaired) electrons. The molecule has 1 aromatic carbocycles. The molecule has 1 amide bonds. The van der Waals surface area contributed by atoms with E-state index in [0.29, 0.717) is 22.2 Å². The van der Waals surface area contributed by atoms with Crippen molar-refractivity contribution < 1.29 is 14.3 Å². The Hall–Kier alpha value is -2.92. The van der Waals surface area contributed by atoms with Crippen LogP contribution in [0.3, 0.4) is 0 Å². The molecule has 0 unspecified atom stereocenters. The zero-order chi connectivity index (χ0) is 16.2. The van der Waals surface area contributed by atoms with Crippen LogP contribution in [-0.2, 0) is 11.2 Å². The predicted molar refractivity (Wildman–Crippen MR) is 84.1 cm³/mol. The average molecular weight is 328 g/mol. The highest BCUT2D eigenvalue weighted by Gasteiger charge is 2.18. The molecule has 2 heterocycles. The van der Waals surface area contributed by atoms with Gasteiger partial charge in [-0.1, -0.05) is 30.4 Å². The van der Waals surface area contributed by atoms with E-state index in [4.69, 9.17) is 9.47 Å². The first kappa shape index (κ1) is 15.0. The highest BCUT2D eigenvalue weighted by atomic mass is 32.1. The van der Waals surface area contributed by atoms with Gasteiger partial charge in [0.2, 0.25) is 11.9 Å². The Labute approximate surface area is 136 Å². The molecular weight excluding hydrogens is 316 g/mol. The molecule has 3 rings (SSSR count). The molecule has 0 aliphatic carbocycles. The molecule has 2 aromatic rings. The number of hydrogen-bond donors (Lipinski definition) is 1. The van der Waals surface area contributed by atoms with Gasteiger partial charge in [0.1, 0.15) is 16.6 Å². The summed E-state index contributed by atoms with van der Waals surface area (Å²) in [4.78, 5) is 12.2. The molecule has 0 atom stereocenters. The number of anilines is 1. The van der Waals surface area contributed by atoms with Crippen LogP contribution in [0, 0.1) is 11.3 Å². The minimum Gasteiger partial charge on any atom is -0.454 e. The number of carbonyl (C=O) groups excluding carboxylic acids is 1. The molecule has 116 valence electrons. The molecule has 0 saturated carbocycles. The summed E-state index contributed by atoms with van der Waals surface area (Å²) in [5, 5.41) is 20.8. The predicted octanol–water partition coefficient (Wildman–Crippen LogP) is 2.37. The Bertz CT molecular complexity index is 822. The fourth-order valence-electron chi connectivity index (χ4n) is 1.98. The first-order valence-electron chi connectivity index (χ1n) is 6.85. The van der Waals surface area contributed by atoms with Crippen molar-refractivity contribution in [1.82, 2.24) is 10.2 Å². The van der Waals surface area contributed by atoms with Crippen molar-refractivity contribution in [2.45, 2.75) is 13.3 Å². The van der Waals surface area contributed by atoms with Crippen LogP contribution in [-0.4, -0.2) is 22.9 Å². The number of para-hydroxylation sites is 1. The van der Waals surface area contributed by atoms with Crippen LogP contribution < -0.4 is 14.8 Å². The quantitative estimate of drug-likeness (QED) is 0.683. The molecule has 0 bridgehead atoms. The van der Waals surface area contributed by atoms with Gasteiger partial charge in [0.15, 0.2) is 11.5 Å². The first-order chi connectivity index (χ1) is 11.2. The highest BCUT2D eigenvalue weighted by molar-refractivity contribution is 7.15. The number of fused-ring (bicyclic) bond motifs is 1. The smallest absolute Gasteiger partial charge is 0.268 e. The van der Waals surface area contributed by atoms with Gasteiger partial charge in [-0.25, -0.2) is 0 Å². The summed E-state index contributed by atoms with van der Waals surface area (Å²) in [5.74, 6) is 0.577. The van der Waals surface area contributed by atoms with E-state index in [1.165, 1.54) is 17.4 Å². The zero-order valence-corrected chi connectivity index (χ0v) is 13.0. The maximum atomic E-state index is 12.2. The summed E-state index contributed by atoms with van der Waals surface area (Å²) >= 11 is 1.28. The lowest BCUT2D eigenvalue weighted by Gasteiger charge is -2.02. The van der Waals surface area contributed by atoms with Crippen molar-refractivity contribution in [2.75, 3.05) is 12.1 Å². The Morgan fingerprint density at radius 3 is 3.09 bits per heavy atom. The average Bonchev–Trinajstić information content (AvgIpc) is 3.21. The number of ether oxygens (including phenoxy) is 2. The summed E-state index contributed by atoms with van der Waals surface area (Å²) in [5.41, 5.74) is 0.556. The second-order valence-electron chi connectivity index (χ2n) is 4.56. The van der Waals surface area contributed by atoms with Gasteiger partial charge in [0.25, 0.3) is 5.91 Å². The molecular formula is C15H12N4O3S. The minimum absolute atomic E-state index is 0.0536. The molecule has 0 saturated heterocycles. The van der Waals surface area contributed by atoms with Crippen molar-refractivity contribution >= 4 is 28.5 Å². The van der Waals surface area contributed by atoms with E-state index in [-0.39, 0.29) is 12.4 Å². The third-order valence-corrected chi connectivity index (χ3v) is 4.06. The number of nitriles is 1. The van der Waals surface area contributed by atoms with Crippen LogP contribution >= 0.6 is 11.3 Å². The van der Waals surface area contributed by atoms with Crippen LogP contribution in [0.2, 0.25) is 0 Å². The SMILES string of the molecule is CCc1nnc(NC(=O)C(C#N)=Cc2cccc3c2OCO3)s1. The minimum atomic E-state index is -0.539. The normalized spacial score (nSPS) is 12.8. The number of benzene rings is 1. The lowest BCUT2D eigenvalue weighted by molar-refractivity contribution is -0.112. The van der Waals surface area contributed by atoms with Crippen molar-refractivity contribution in [3.8, 4) is 17.6 Å². The van der Waals surface area contributed by atoms with E-state index in [1.807, 2.05) is 13.0 Å². The van der Waals surface area contributed by atoms with Gasteiger partial charge in [-0.15, -0.1) is 10.2 Å². The van der Waals surface area contributed by atoms with Crippen molar-refractivity contribution in [1.29, 1.82) is 5.26 Å². The fourth-order valence-corrected chi connectivity index (χ4v) is 2.66. The number of nitrogens with zero attached hydrogens (tertiary/aromatic N) is 3. The van der Waals surface area contributed by atoms with Crippen LogP contribution in [0.4, 0.5) is 5.13 Å². The van der Waals surface area contributed by atoms with Gasteiger partial charge in [-0.2, -0.15) is 5.26 Å². The van der Waals surface area contributed by atoms with E-state index >= 15 is 0 Å². The zero-order valence-electron chi connectivity index (χ0n) is 12.2. The van der Waals surface area contributed by atoms with Crippen molar-refractivity contribution in [3.05, 3.63) is 34.3 Å². The molecule has 1 aromatic heterocycles. The van der Waals surface area contributed by atoms with Crippen LogP contribution in [0.25, 0.3) is 6.08 Å². The first-order valence-corrected chi connectivity index (χ1v) is 7.67. The molecule has 8 heteroatoms. The van der Waals surface area contributed by atoms with Crippen molar-refractivity contribution in [2.24, 2.45) is 0 Å². The number of aromatic nitrogens is 2. The Kier molecular flexibility index (Phi) is 4.21. The van der Waals surface area contributed by atoms with Gasteiger partial charge in [-0.3, -0.25) is 10.1 Å². The van der Waals surface area contributed by atoms with Gasteiger partial charge in [0.05, 0.1) is 0 Å². The second kappa shape index (κ2) is 6.46. The molecule has 0 spiro atoms. The van der Waals surface area contributed by atoms with Crippen LogP contribution in [0.15, 0.2) is 23.8 Å². The summed E-state index contributed by atoms with van der Waals surface area (Å²) < 4.78 is 10.6. The fraction of sp³-hybridized carbons (Fsp3) is 0.200. The Morgan fingerprint density at radius 2 is 2.35 bits per heavy atom. The number of rotatable bonds is 4. The molecule has 1 N–H and O–H groups in total. The number of aryl methyl sites for hydroxylation is 1. The highest BCUT2D eigenvalue weighted by Crippen LogP contribution is 2.36. The summed E-state index contributed by atoms with van der Waals surface area (Å²) in [6.07, 6.45) is 2.20. The Balaban J connectivity index is 1.83. The lowest BCUT2D eigenvalue weighted by Crippen LogP contribution is -2.13. The number of hydrogen-bond acceptors (Lipinski definition) is 7. The van der Waals surface area contributed by atoms with E-state index in [0.717, 1.165) is 11.4 Å². The van der Waals surface area contributed by atoms with E-state index in [1.54, 1.807) is 18.2 Å². The third kappa shape index (κ3) is 3.14. The molecule has 7 nitrogen and oxygen atoms in total. The Morgan fingerprint density at radius 1 is 1.48 bits per heavy atom. The van der Waals surface area contributed by atoms with E-state index in [9.17, 15) is 10.1 Å². The standard InChI is InChI=1S/C15H12N4O3S/c1-2-12-18-19-15(23-12)17-14(20)10(7-16)6-9-4-3-5-11-13(9)22-8-21-11/h3-6H,2,8H2,1H3,(H,17,19,20). The summed E-state index contributed by atoms with van der Waals surface area (Å²) in [6, 6.07) is 7.17. The van der Waals surface area contributed by atoms with Crippen LogP contribution in [0.5, 0.6) is 11.5 Å². The van der Waals surface area contributed by atoms with E-state index < -0.39 is 5.91 Å². The summed E-state index contributed by atoms with van der Waals surface area (Å²) in [6.45, 7) is 2.07. The largest absolute Gasteiger partial charge is 0.454 e. The molecule has 0 fully saturated rings. The molecule has 1 aliphatic heterocycles. The lowest BCUT2D eigenvalue weighted by atomic mass is 10.1. The number of carbonyl (C=O) groups is 1. The maximum Gasteiger partial charge on any atom is 0.268 e.